The fraction of sp³-hybridized carbons (Fsp3) is 0.381. The summed E-state index contributed by atoms with van der Waals surface area (Å²) in [6, 6.07) is 1.85. The number of halogens is 1. The predicted molar refractivity (Wildman–Crippen MR) is 105 cm³/mol. The summed E-state index contributed by atoms with van der Waals surface area (Å²) in [5.74, 6) is 1.28. The molecule has 0 radical (unpaired) electrons. The minimum Gasteiger partial charge on any atom is -0.491 e. The molecule has 3 fully saturated rings. The van der Waals surface area contributed by atoms with Gasteiger partial charge in [-0.15, -0.1) is 0 Å². The average molecular weight is 395 g/mol. The molecule has 0 N–H and O–H groups in total. The molecule has 2 bridgehead atoms. The maximum absolute atomic E-state index is 14.3. The van der Waals surface area contributed by atoms with Crippen molar-refractivity contribution in [2.75, 3.05) is 19.7 Å². The summed E-state index contributed by atoms with van der Waals surface area (Å²) in [7, 11) is 1.85. The van der Waals surface area contributed by atoms with Gasteiger partial charge in [-0.2, -0.15) is 10.2 Å². The number of hydrogen-bond acceptors (Lipinski definition) is 4. The van der Waals surface area contributed by atoms with E-state index in [0.29, 0.717) is 35.6 Å². The maximum Gasteiger partial charge on any atom is 0.245 e. The van der Waals surface area contributed by atoms with Crippen LogP contribution in [0.15, 0.2) is 43.5 Å². The Morgan fingerprint density at radius 2 is 2.07 bits per heavy atom. The molecule has 3 aromatic heterocycles. The lowest BCUT2D eigenvalue weighted by molar-refractivity contribution is -0.138. The zero-order valence-electron chi connectivity index (χ0n) is 16.2. The molecule has 2 aliphatic heterocycles. The van der Waals surface area contributed by atoms with Crippen LogP contribution >= 0.6 is 0 Å². The molecule has 8 heteroatoms. The quantitative estimate of drug-likeness (QED) is 0.623. The van der Waals surface area contributed by atoms with Crippen molar-refractivity contribution in [1.29, 1.82) is 0 Å². The molecule has 150 valence electrons. The molecule has 7 nitrogen and oxygen atoms in total. The van der Waals surface area contributed by atoms with Gasteiger partial charge in [0.1, 0.15) is 11.3 Å². The van der Waals surface area contributed by atoms with Crippen LogP contribution in [-0.4, -0.2) is 49.9 Å². The number of pyridine rings is 1. The van der Waals surface area contributed by atoms with E-state index in [0.717, 1.165) is 30.6 Å². The van der Waals surface area contributed by atoms with Gasteiger partial charge in [0, 0.05) is 49.6 Å². The Labute approximate surface area is 167 Å². The molecule has 1 amide bonds. The first-order valence-electron chi connectivity index (χ1n) is 9.73. The third-order valence-corrected chi connectivity index (χ3v) is 6.21. The van der Waals surface area contributed by atoms with Gasteiger partial charge in [0.25, 0.3) is 0 Å². The van der Waals surface area contributed by atoms with E-state index in [4.69, 9.17) is 4.74 Å². The number of aromatic nitrogens is 4. The molecule has 1 aliphatic carbocycles. The summed E-state index contributed by atoms with van der Waals surface area (Å²) in [4.78, 5) is 13.7. The lowest BCUT2D eigenvalue weighted by Gasteiger charge is -2.53. The van der Waals surface area contributed by atoms with Crippen molar-refractivity contribution in [3.05, 3.63) is 49.3 Å². The van der Waals surface area contributed by atoms with Gasteiger partial charge in [0.05, 0.1) is 19.0 Å². The lowest BCUT2D eigenvalue weighted by Crippen LogP contribution is -2.57. The Morgan fingerprint density at radius 1 is 1.28 bits per heavy atom. The molecule has 1 unspecified atom stereocenters. The number of aryl methyl sites for hydroxylation is 1. The molecule has 29 heavy (non-hydrogen) atoms. The zero-order chi connectivity index (χ0) is 20.1. The largest absolute Gasteiger partial charge is 0.491 e. The van der Waals surface area contributed by atoms with E-state index in [1.165, 1.54) is 16.8 Å². The van der Waals surface area contributed by atoms with Gasteiger partial charge in [-0.1, -0.05) is 6.58 Å². The first kappa shape index (κ1) is 17.9. The van der Waals surface area contributed by atoms with Gasteiger partial charge in [0.15, 0.2) is 5.82 Å². The molecule has 0 aromatic carbocycles. The summed E-state index contributed by atoms with van der Waals surface area (Å²) in [5.41, 5.74) is 2.11. The van der Waals surface area contributed by atoms with Gasteiger partial charge in [-0.05, 0) is 30.4 Å². The number of ether oxygens (including phenoxy) is 1. The van der Waals surface area contributed by atoms with Crippen LogP contribution in [0.25, 0.3) is 16.6 Å². The van der Waals surface area contributed by atoms with E-state index < -0.39 is 5.82 Å². The third-order valence-electron chi connectivity index (χ3n) is 6.21. The maximum atomic E-state index is 14.3. The normalized spacial score (nSPS) is 23.1. The summed E-state index contributed by atoms with van der Waals surface area (Å²) in [5, 5.41) is 8.31. The first-order valence-corrected chi connectivity index (χ1v) is 9.73. The Kier molecular flexibility index (Phi) is 4.15. The summed E-state index contributed by atoms with van der Waals surface area (Å²) in [6.45, 7) is 5.55. The molecule has 2 saturated heterocycles. The lowest BCUT2D eigenvalue weighted by atomic mass is 9.62. The molecule has 3 aliphatic rings. The number of piperidine rings is 2. The SMILES string of the molecule is C=CC(=O)N1C[C@H]2C[C@@H](C1)C2COc1cc(-c2cnn(C)c2)cn2ncc(F)c12. The standard InChI is InChI=1S/C21H22FN5O2/c1-3-20(28)26-9-14-4-15(10-26)17(14)12-29-19-5-13(16-6-23-25(2)8-16)11-27-21(19)18(22)7-24-27/h3,5-8,11,14-15,17H,1,4,9-10,12H2,2H3/t14-,15+,17?. The van der Waals surface area contributed by atoms with Gasteiger partial charge < -0.3 is 9.64 Å². The molecule has 0 spiro atoms. The smallest absolute Gasteiger partial charge is 0.245 e. The Bertz CT molecular complexity index is 1090. The number of fused-ring (bicyclic) bond motifs is 3. The van der Waals surface area contributed by atoms with Crippen molar-refractivity contribution < 1.29 is 13.9 Å². The second-order valence-corrected chi connectivity index (χ2v) is 7.96. The van der Waals surface area contributed by atoms with E-state index >= 15 is 0 Å². The summed E-state index contributed by atoms with van der Waals surface area (Å²) >= 11 is 0. The second kappa shape index (κ2) is 6.72. The highest BCUT2D eigenvalue weighted by Crippen LogP contribution is 2.46. The van der Waals surface area contributed by atoms with Crippen LogP contribution in [0, 0.1) is 23.6 Å². The van der Waals surface area contributed by atoms with Crippen molar-refractivity contribution in [2.24, 2.45) is 24.8 Å². The van der Waals surface area contributed by atoms with Crippen molar-refractivity contribution in [2.45, 2.75) is 6.42 Å². The van der Waals surface area contributed by atoms with Crippen LogP contribution in [0.1, 0.15) is 6.42 Å². The molecule has 3 atom stereocenters. The van der Waals surface area contributed by atoms with E-state index in [1.54, 1.807) is 17.1 Å². The Hall–Kier alpha value is -3.16. The van der Waals surface area contributed by atoms with Gasteiger partial charge >= 0.3 is 0 Å². The summed E-state index contributed by atoms with van der Waals surface area (Å²) < 4.78 is 23.7. The minimum absolute atomic E-state index is 0.00807. The highest BCUT2D eigenvalue weighted by molar-refractivity contribution is 5.87. The molecule has 5 heterocycles. The van der Waals surface area contributed by atoms with E-state index in [1.807, 2.05) is 24.2 Å². The highest BCUT2D eigenvalue weighted by Gasteiger charge is 2.47. The number of hydrogen-bond donors (Lipinski definition) is 0. The second-order valence-electron chi connectivity index (χ2n) is 7.96. The molecule has 6 rings (SSSR count). The van der Waals surface area contributed by atoms with Crippen molar-refractivity contribution in [3.63, 3.8) is 0 Å². The predicted octanol–water partition coefficient (Wildman–Crippen LogP) is 2.53. The monoisotopic (exact) mass is 395 g/mol. The summed E-state index contributed by atoms with van der Waals surface area (Å²) in [6.07, 6.45) is 9.12. The van der Waals surface area contributed by atoms with Gasteiger partial charge in [-0.3, -0.25) is 9.48 Å². The topological polar surface area (TPSA) is 64.7 Å². The molecule has 1 saturated carbocycles. The van der Waals surface area contributed by atoms with Crippen LogP contribution in [0.5, 0.6) is 5.75 Å². The fourth-order valence-electron chi connectivity index (χ4n) is 4.64. The highest BCUT2D eigenvalue weighted by atomic mass is 19.1. The van der Waals surface area contributed by atoms with Crippen LogP contribution in [0.3, 0.4) is 0 Å². The van der Waals surface area contributed by atoms with Gasteiger partial charge in [-0.25, -0.2) is 8.91 Å². The van der Waals surface area contributed by atoms with Crippen molar-refractivity contribution in [3.8, 4) is 16.9 Å². The van der Waals surface area contributed by atoms with Crippen LogP contribution in [0.2, 0.25) is 0 Å². The van der Waals surface area contributed by atoms with E-state index in [-0.39, 0.29) is 5.91 Å². The number of carbonyl (C=O) groups is 1. The van der Waals surface area contributed by atoms with Crippen molar-refractivity contribution in [1.82, 2.24) is 24.3 Å². The molecular weight excluding hydrogens is 373 g/mol. The molecule has 3 aromatic rings. The Morgan fingerprint density at radius 3 is 2.76 bits per heavy atom. The minimum atomic E-state index is -0.408. The zero-order valence-corrected chi connectivity index (χ0v) is 16.2. The third kappa shape index (κ3) is 2.99. The van der Waals surface area contributed by atoms with E-state index in [2.05, 4.69) is 16.8 Å². The van der Waals surface area contributed by atoms with Crippen LogP contribution < -0.4 is 4.74 Å². The number of rotatable bonds is 5. The number of amides is 1. The van der Waals surface area contributed by atoms with Gasteiger partial charge in [0.2, 0.25) is 5.91 Å². The average Bonchev–Trinajstić information content (AvgIpc) is 3.33. The van der Waals surface area contributed by atoms with E-state index in [9.17, 15) is 9.18 Å². The van der Waals surface area contributed by atoms with Crippen LogP contribution in [-0.2, 0) is 11.8 Å². The Balaban J connectivity index is 1.37. The number of nitrogens with zero attached hydrogens (tertiary/aromatic N) is 5. The first-order chi connectivity index (χ1) is 14.0. The van der Waals surface area contributed by atoms with Crippen molar-refractivity contribution >= 4 is 11.4 Å². The fourth-order valence-corrected chi connectivity index (χ4v) is 4.64. The van der Waals surface area contributed by atoms with Crippen LogP contribution in [0.4, 0.5) is 4.39 Å². The number of carbonyl (C=O) groups excluding carboxylic acids is 1. The molecular formula is C21H22FN5O2.